The van der Waals surface area contributed by atoms with Crippen LogP contribution in [0, 0.1) is 17.8 Å². The number of methoxy groups -OCH3 is 4. The van der Waals surface area contributed by atoms with E-state index >= 15 is 0 Å². The van der Waals surface area contributed by atoms with Crippen molar-refractivity contribution in [1.82, 2.24) is 4.90 Å². The van der Waals surface area contributed by atoms with Gasteiger partial charge in [-0.1, -0.05) is 39.9 Å². The highest BCUT2D eigenvalue weighted by molar-refractivity contribution is 9.10. The van der Waals surface area contributed by atoms with E-state index in [1.54, 1.807) is 21.3 Å². The Morgan fingerprint density at radius 1 is 0.949 bits per heavy atom. The first-order valence-corrected chi connectivity index (χ1v) is 13.7. The minimum Gasteiger partial charge on any atom is -0.497 e. The normalized spacial score (nSPS) is 23.6. The summed E-state index contributed by atoms with van der Waals surface area (Å²) in [5.41, 5.74) is 3.24. The molecule has 6 nitrogen and oxygen atoms in total. The van der Waals surface area contributed by atoms with Gasteiger partial charge in [-0.3, -0.25) is 9.69 Å². The number of hydrogen-bond acceptors (Lipinski definition) is 6. The van der Waals surface area contributed by atoms with Crippen LogP contribution >= 0.6 is 15.9 Å². The van der Waals surface area contributed by atoms with Crippen molar-refractivity contribution in [3.8, 4) is 29.1 Å². The van der Waals surface area contributed by atoms with Crippen molar-refractivity contribution in [3.63, 3.8) is 0 Å². The van der Waals surface area contributed by atoms with Crippen LogP contribution in [-0.2, 0) is 16.0 Å². The van der Waals surface area contributed by atoms with Crippen molar-refractivity contribution in [2.45, 2.75) is 30.8 Å². The highest BCUT2D eigenvalue weighted by Gasteiger charge is 2.62. The molecule has 1 saturated heterocycles. The van der Waals surface area contributed by atoms with Crippen LogP contribution in [0.5, 0.6) is 17.2 Å². The fraction of sp³-hybridized carbons (Fsp3) is 0.344. The van der Waals surface area contributed by atoms with Crippen LogP contribution in [0.25, 0.3) is 0 Å². The third kappa shape index (κ3) is 4.66. The largest absolute Gasteiger partial charge is 0.497 e. The van der Waals surface area contributed by atoms with E-state index in [4.69, 9.17) is 18.9 Å². The molecular weight excluding hydrogens is 558 g/mol. The lowest BCUT2D eigenvalue weighted by atomic mass is 9.74. The Labute approximate surface area is 238 Å². The fourth-order valence-corrected chi connectivity index (χ4v) is 6.52. The van der Waals surface area contributed by atoms with Gasteiger partial charge in [0.15, 0.2) is 11.5 Å². The summed E-state index contributed by atoms with van der Waals surface area (Å²) < 4.78 is 23.2. The van der Waals surface area contributed by atoms with Gasteiger partial charge >= 0.3 is 5.97 Å². The highest BCUT2D eigenvalue weighted by atomic mass is 79.9. The number of nitrogens with zero attached hydrogens (tertiary/aromatic N) is 1. The van der Waals surface area contributed by atoms with Gasteiger partial charge in [0.05, 0.1) is 34.5 Å². The van der Waals surface area contributed by atoms with E-state index in [1.165, 1.54) is 12.7 Å². The molecule has 2 heterocycles. The molecule has 3 aromatic rings. The number of ether oxygens (including phenoxy) is 4. The lowest BCUT2D eigenvalue weighted by Gasteiger charge is -2.41. The first-order chi connectivity index (χ1) is 18.8. The number of hydrogen-bond donors (Lipinski definition) is 0. The van der Waals surface area contributed by atoms with Crippen LogP contribution in [0.3, 0.4) is 0 Å². The topological polar surface area (TPSA) is 57.2 Å². The molecule has 2 aliphatic rings. The zero-order chi connectivity index (χ0) is 27.7. The van der Waals surface area contributed by atoms with Gasteiger partial charge in [0.1, 0.15) is 11.3 Å². The van der Waals surface area contributed by atoms with Crippen molar-refractivity contribution in [1.29, 1.82) is 0 Å². The second-order valence-corrected chi connectivity index (χ2v) is 10.9. The molecule has 0 aliphatic carbocycles. The Morgan fingerprint density at radius 2 is 1.62 bits per heavy atom. The van der Waals surface area contributed by atoms with E-state index in [0.717, 1.165) is 33.3 Å². The third-order valence-corrected chi connectivity index (χ3v) is 8.65. The zero-order valence-electron chi connectivity index (χ0n) is 22.8. The molecule has 0 saturated carbocycles. The molecule has 0 unspecified atom stereocenters. The van der Waals surface area contributed by atoms with Gasteiger partial charge in [-0.25, -0.2) is 0 Å². The molecule has 0 aromatic heterocycles. The first-order valence-electron chi connectivity index (χ1n) is 12.9. The molecule has 0 amide bonds. The lowest BCUT2D eigenvalue weighted by Crippen LogP contribution is -2.53. The van der Waals surface area contributed by atoms with E-state index in [9.17, 15) is 4.79 Å². The molecule has 2 aliphatic heterocycles. The maximum atomic E-state index is 13.7. The standard InChI is InChI=1S/C32H32BrNO5/c1-32(31(35)39-5)29(21-9-13-24(36-2)14-10-21)25(15-8-20-6-11-23(33)12-7-20)30-26-19-28(38-4)27(37-3)18-22(26)16-17-34(30)32/h6-7,9-14,18-19,25,29-30H,16-17H2,1-5H3/t25-,29-,30-,32-/m1/s1. The van der Waals surface area contributed by atoms with Gasteiger partial charge in [0.2, 0.25) is 0 Å². The summed E-state index contributed by atoms with van der Waals surface area (Å²) in [6, 6.07) is 19.8. The summed E-state index contributed by atoms with van der Waals surface area (Å²) in [5.74, 6) is 8.39. The van der Waals surface area contributed by atoms with Gasteiger partial charge in [-0.15, -0.1) is 0 Å². The lowest BCUT2D eigenvalue weighted by molar-refractivity contribution is -0.154. The number of benzene rings is 3. The predicted molar refractivity (Wildman–Crippen MR) is 153 cm³/mol. The number of halogens is 1. The molecule has 0 N–H and O–H groups in total. The molecule has 39 heavy (non-hydrogen) atoms. The van der Waals surface area contributed by atoms with Crippen molar-refractivity contribution >= 4 is 21.9 Å². The van der Waals surface area contributed by atoms with E-state index in [0.29, 0.717) is 18.0 Å². The average molecular weight is 591 g/mol. The monoisotopic (exact) mass is 589 g/mol. The molecule has 3 aromatic carbocycles. The first kappa shape index (κ1) is 27.1. The van der Waals surface area contributed by atoms with Crippen molar-refractivity contribution in [2.75, 3.05) is 35.0 Å². The van der Waals surface area contributed by atoms with E-state index < -0.39 is 5.54 Å². The fourth-order valence-electron chi connectivity index (χ4n) is 6.25. The van der Waals surface area contributed by atoms with Crippen molar-refractivity contribution < 1.29 is 23.7 Å². The van der Waals surface area contributed by atoms with Gasteiger partial charge in [0.25, 0.3) is 0 Å². The number of esters is 1. The van der Waals surface area contributed by atoms with Crippen LogP contribution < -0.4 is 14.2 Å². The van der Waals surface area contributed by atoms with Crippen molar-refractivity contribution in [3.05, 3.63) is 87.4 Å². The van der Waals surface area contributed by atoms with Crippen LogP contribution in [0.4, 0.5) is 0 Å². The Bertz CT molecular complexity index is 1430. The Balaban J connectivity index is 1.74. The maximum absolute atomic E-state index is 13.7. The minimum atomic E-state index is -0.947. The molecule has 202 valence electrons. The Hall–Kier alpha value is -3.47. The van der Waals surface area contributed by atoms with E-state index in [2.05, 4.69) is 38.7 Å². The number of carbonyl (C=O) groups excluding carboxylic acids is 1. The summed E-state index contributed by atoms with van der Waals surface area (Å²) in [4.78, 5) is 16.0. The highest BCUT2D eigenvalue weighted by Crippen LogP contribution is 2.58. The molecule has 0 bridgehead atoms. The van der Waals surface area contributed by atoms with Gasteiger partial charge in [-0.05, 0) is 78.6 Å². The summed E-state index contributed by atoms with van der Waals surface area (Å²) in [5, 5.41) is 0. The molecule has 7 heteroatoms. The number of carbonyl (C=O) groups is 1. The molecule has 1 fully saturated rings. The van der Waals surface area contributed by atoms with E-state index in [1.807, 2.05) is 61.5 Å². The molecule has 0 spiro atoms. The van der Waals surface area contributed by atoms with Crippen LogP contribution in [-0.4, -0.2) is 51.4 Å². The molecule has 4 atom stereocenters. The summed E-state index contributed by atoms with van der Waals surface area (Å²) in [6.45, 7) is 2.68. The maximum Gasteiger partial charge on any atom is 0.326 e. The van der Waals surface area contributed by atoms with Gasteiger partial charge in [-0.2, -0.15) is 0 Å². The Morgan fingerprint density at radius 3 is 2.23 bits per heavy atom. The quantitative estimate of drug-likeness (QED) is 0.278. The summed E-state index contributed by atoms with van der Waals surface area (Å²) in [7, 11) is 6.40. The second kappa shape index (κ2) is 11.0. The summed E-state index contributed by atoms with van der Waals surface area (Å²) in [6.07, 6.45) is 0.765. The van der Waals surface area contributed by atoms with Crippen LogP contribution in [0.1, 0.15) is 41.1 Å². The number of rotatable bonds is 5. The molecule has 0 radical (unpaired) electrons. The van der Waals surface area contributed by atoms with Crippen molar-refractivity contribution in [2.24, 2.45) is 5.92 Å². The van der Waals surface area contributed by atoms with Crippen LogP contribution in [0.2, 0.25) is 0 Å². The smallest absolute Gasteiger partial charge is 0.326 e. The minimum absolute atomic E-state index is 0.160. The van der Waals surface area contributed by atoms with Crippen LogP contribution in [0.15, 0.2) is 65.1 Å². The van der Waals surface area contributed by atoms with Gasteiger partial charge < -0.3 is 18.9 Å². The SMILES string of the molecule is COC(=O)[C@@]1(C)[C@H](c2ccc(OC)cc2)[C@@H](C#Cc2ccc(Br)cc2)[C@@H]2c3cc(OC)c(OC)cc3CCN21. The number of fused-ring (bicyclic) bond motifs is 3. The van der Waals surface area contributed by atoms with Gasteiger partial charge in [0, 0.05) is 28.4 Å². The summed E-state index contributed by atoms with van der Waals surface area (Å²) >= 11 is 3.50. The third-order valence-electron chi connectivity index (χ3n) is 8.12. The predicted octanol–water partition coefficient (Wildman–Crippen LogP) is 5.77. The van der Waals surface area contributed by atoms with E-state index in [-0.39, 0.29) is 23.8 Å². The second-order valence-electron chi connectivity index (χ2n) is 9.99. The average Bonchev–Trinajstić information content (AvgIpc) is 3.24. The Kier molecular flexibility index (Phi) is 7.61. The molecule has 5 rings (SSSR count). The molecular formula is C32H32BrNO5. The zero-order valence-corrected chi connectivity index (χ0v) is 24.4.